The maximum atomic E-state index is 11.1. The quantitative estimate of drug-likeness (QED) is 0.494. The summed E-state index contributed by atoms with van der Waals surface area (Å²) in [5, 5.41) is 0. The van der Waals surface area contributed by atoms with Crippen LogP contribution in [0, 0.1) is 0 Å². The molecule has 0 rings (SSSR count). The van der Waals surface area contributed by atoms with Crippen molar-refractivity contribution in [3.05, 3.63) is 0 Å². The first-order chi connectivity index (χ1) is 3.18. The van der Waals surface area contributed by atoms with Gasteiger partial charge in [0, 0.05) is 4.53 Å². The second-order valence-corrected chi connectivity index (χ2v) is 1.08. The lowest BCUT2D eigenvalue weighted by Gasteiger charge is -1.86. The van der Waals surface area contributed by atoms with Gasteiger partial charge in [-0.2, -0.15) is 0 Å². The summed E-state index contributed by atoms with van der Waals surface area (Å²) in [5.74, 6) is -1.72. The average molecular weight is 130 g/mol. The monoisotopic (exact) mass is 130 g/mol. The Hall–Kier alpha value is -0.380. The largest absolute Gasteiger partial charge is 0.397 e. The molecule has 0 aliphatic rings. The molecule has 0 spiro atoms. The molecular formula is C2HClF2O2. The summed E-state index contributed by atoms with van der Waals surface area (Å²) >= 11 is 4.35. The number of carbonyl (C=O) groups excluding carboxylic acids is 1. The summed E-state index contributed by atoms with van der Waals surface area (Å²) < 4.78 is 21.6. The molecule has 42 valence electrons. The molecule has 0 aliphatic carbocycles. The minimum Gasteiger partial charge on any atom is -0.250 e. The fourth-order valence-corrected chi connectivity index (χ4v) is 0.0673. The summed E-state index contributed by atoms with van der Waals surface area (Å²) in [6, 6.07) is 0. The van der Waals surface area contributed by atoms with Crippen LogP contribution in [0.2, 0.25) is 0 Å². The van der Waals surface area contributed by atoms with Crippen LogP contribution in [-0.2, 0) is 9.74 Å². The minimum atomic E-state index is -2.40. The molecule has 0 bridgehead atoms. The van der Waals surface area contributed by atoms with Gasteiger partial charge in [-0.3, -0.25) is 4.94 Å². The zero-order valence-corrected chi connectivity index (χ0v) is 3.78. The maximum absolute atomic E-state index is 11.1. The number of hydrogen-bond donors (Lipinski definition) is 0. The predicted octanol–water partition coefficient (Wildman–Crippen LogP) is 0.949. The second-order valence-electron chi connectivity index (χ2n) is 0.697. The summed E-state index contributed by atoms with van der Waals surface area (Å²) in [7, 11) is 0. The van der Waals surface area contributed by atoms with E-state index in [-0.39, 0.29) is 0 Å². The standard InChI is InChI=1S/C2HClF2O2/c3-1(4)2(6)7-5/h1H. The van der Waals surface area contributed by atoms with E-state index in [0.717, 1.165) is 0 Å². The third kappa shape index (κ3) is 2.33. The van der Waals surface area contributed by atoms with Crippen molar-refractivity contribution in [3.63, 3.8) is 0 Å². The van der Waals surface area contributed by atoms with E-state index in [2.05, 4.69) is 16.5 Å². The Morgan fingerprint density at radius 3 is 2.29 bits per heavy atom. The normalized spacial score (nSPS) is 13.0. The lowest BCUT2D eigenvalue weighted by atomic mass is 10.8. The van der Waals surface area contributed by atoms with E-state index in [1.54, 1.807) is 0 Å². The van der Waals surface area contributed by atoms with Crippen LogP contribution in [0.4, 0.5) is 8.92 Å². The van der Waals surface area contributed by atoms with Gasteiger partial charge < -0.3 is 0 Å². The molecule has 7 heavy (non-hydrogen) atoms. The van der Waals surface area contributed by atoms with Gasteiger partial charge in [-0.25, -0.2) is 9.18 Å². The van der Waals surface area contributed by atoms with Gasteiger partial charge in [0.1, 0.15) is 0 Å². The highest BCUT2D eigenvalue weighted by Crippen LogP contribution is 1.98. The second kappa shape index (κ2) is 2.74. The maximum Gasteiger partial charge on any atom is 0.397 e. The van der Waals surface area contributed by atoms with Gasteiger partial charge in [0.15, 0.2) is 0 Å². The highest BCUT2D eigenvalue weighted by molar-refractivity contribution is 6.28. The molecule has 0 radical (unpaired) electrons. The van der Waals surface area contributed by atoms with Gasteiger partial charge >= 0.3 is 5.97 Å². The third-order valence-corrected chi connectivity index (χ3v) is 0.432. The minimum absolute atomic E-state index is 1.72. The molecule has 0 amide bonds. The summed E-state index contributed by atoms with van der Waals surface area (Å²) in [4.78, 5) is 11.8. The zero-order valence-electron chi connectivity index (χ0n) is 3.03. The smallest absolute Gasteiger partial charge is 0.250 e. The highest BCUT2D eigenvalue weighted by Gasteiger charge is 2.14. The van der Waals surface area contributed by atoms with Crippen LogP contribution in [0.5, 0.6) is 0 Å². The van der Waals surface area contributed by atoms with Crippen LogP contribution in [0.25, 0.3) is 0 Å². The SMILES string of the molecule is O=C(OF)C(F)Cl. The predicted molar refractivity (Wildman–Crippen MR) is 17.9 cm³/mol. The molecule has 0 saturated heterocycles. The Bertz CT molecular complexity index is 74.1. The lowest BCUT2D eigenvalue weighted by Crippen LogP contribution is -2.07. The summed E-state index contributed by atoms with van der Waals surface area (Å²) in [5.41, 5.74) is -2.40. The van der Waals surface area contributed by atoms with Gasteiger partial charge in [-0.05, 0) is 0 Å². The molecule has 0 aromatic heterocycles. The van der Waals surface area contributed by atoms with Crippen LogP contribution < -0.4 is 0 Å². The van der Waals surface area contributed by atoms with Crippen molar-refractivity contribution in [1.82, 2.24) is 0 Å². The topological polar surface area (TPSA) is 26.3 Å². The van der Waals surface area contributed by atoms with E-state index < -0.39 is 11.6 Å². The average Bonchev–Trinajstić information content (AvgIpc) is 1.65. The Morgan fingerprint density at radius 2 is 2.29 bits per heavy atom. The van der Waals surface area contributed by atoms with Crippen molar-refractivity contribution in [3.8, 4) is 0 Å². The molecule has 5 heteroatoms. The molecular weight excluding hydrogens is 129 g/mol. The molecule has 1 unspecified atom stereocenters. The van der Waals surface area contributed by atoms with Crippen LogP contribution in [0.3, 0.4) is 0 Å². The molecule has 1 atom stereocenters. The van der Waals surface area contributed by atoms with Crippen molar-refractivity contribution < 1.29 is 18.7 Å². The molecule has 0 saturated carbocycles. The van der Waals surface area contributed by atoms with Crippen molar-refractivity contribution in [1.29, 1.82) is 0 Å². The lowest BCUT2D eigenvalue weighted by molar-refractivity contribution is -0.186. The third-order valence-electron chi connectivity index (χ3n) is 0.254. The van der Waals surface area contributed by atoms with Crippen LogP contribution in [0.1, 0.15) is 0 Å². The molecule has 2 nitrogen and oxygen atoms in total. The zero-order chi connectivity index (χ0) is 5.86. The van der Waals surface area contributed by atoms with E-state index in [4.69, 9.17) is 0 Å². The molecule has 0 fully saturated rings. The Labute approximate surface area is 42.9 Å². The Morgan fingerprint density at radius 1 is 1.86 bits per heavy atom. The summed E-state index contributed by atoms with van der Waals surface area (Å²) in [6.07, 6.45) is 0. The van der Waals surface area contributed by atoms with Crippen molar-refractivity contribution in [2.75, 3.05) is 0 Å². The van der Waals surface area contributed by atoms with Gasteiger partial charge in [-0.15, -0.1) is 0 Å². The number of hydrogen-bond acceptors (Lipinski definition) is 2. The van der Waals surface area contributed by atoms with Gasteiger partial charge in [-0.1, -0.05) is 11.6 Å². The van der Waals surface area contributed by atoms with Gasteiger partial charge in [0.25, 0.3) is 5.63 Å². The van der Waals surface area contributed by atoms with Crippen LogP contribution in [-0.4, -0.2) is 11.6 Å². The van der Waals surface area contributed by atoms with Crippen LogP contribution >= 0.6 is 11.6 Å². The van der Waals surface area contributed by atoms with E-state index in [1.807, 2.05) is 0 Å². The first-order valence-corrected chi connectivity index (χ1v) is 1.72. The van der Waals surface area contributed by atoms with E-state index in [9.17, 15) is 13.7 Å². The highest BCUT2D eigenvalue weighted by atomic mass is 35.5. The van der Waals surface area contributed by atoms with Gasteiger partial charge in [0.05, 0.1) is 0 Å². The van der Waals surface area contributed by atoms with E-state index in [1.165, 1.54) is 0 Å². The molecule has 0 heterocycles. The fourth-order valence-electron chi connectivity index (χ4n) is 0.0337. The number of rotatable bonds is 1. The van der Waals surface area contributed by atoms with Crippen LogP contribution in [0.15, 0.2) is 0 Å². The van der Waals surface area contributed by atoms with E-state index in [0.29, 0.717) is 0 Å². The Balaban J connectivity index is 3.35. The molecule has 0 aliphatic heterocycles. The van der Waals surface area contributed by atoms with Crippen molar-refractivity contribution in [2.24, 2.45) is 0 Å². The first kappa shape index (κ1) is 6.62. The van der Waals surface area contributed by atoms with Crippen molar-refractivity contribution >= 4 is 17.6 Å². The number of halogens is 3. The molecule has 0 aromatic carbocycles. The number of alkyl halides is 2. The number of carbonyl (C=O) groups is 1. The van der Waals surface area contributed by atoms with Gasteiger partial charge in [0.2, 0.25) is 0 Å². The Kier molecular flexibility index (Phi) is 2.59. The first-order valence-electron chi connectivity index (χ1n) is 1.29. The molecule has 0 N–H and O–H groups in total. The molecule has 0 aromatic rings. The summed E-state index contributed by atoms with van der Waals surface area (Å²) in [6.45, 7) is 0. The van der Waals surface area contributed by atoms with Crippen molar-refractivity contribution in [2.45, 2.75) is 5.63 Å². The van der Waals surface area contributed by atoms with E-state index >= 15 is 0 Å². The fraction of sp³-hybridized carbons (Fsp3) is 0.500.